The van der Waals surface area contributed by atoms with Crippen molar-refractivity contribution in [3.63, 3.8) is 0 Å². The summed E-state index contributed by atoms with van der Waals surface area (Å²) in [5, 5.41) is 4.52. The molecule has 2 N–H and O–H groups in total. The lowest BCUT2D eigenvalue weighted by atomic mass is 10.0. The van der Waals surface area contributed by atoms with Gasteiger partial charge in [-0.25, -0.2) is 0 Å². The molecular formula is C25H14N2O. The Hall–Kier alpha value is -3.85. The molecule has 1 aliphatic carbocycles. The van der Waals surface area contributed by atoms with Crippen molar-refractivity contribution in [2.24, 2.45) is 0 Å². The Morgan fingerprint density at radius 1 is 0.464 bits per heavy atom. The summed E-state index contributed by atoms with van der Waals surface area (Å²) < 4.78 is 0. The number of fused-ring (bicyclic) bond motifs is 9. The van der Waals surface area contributed by atoms with E-state index in [0.29, 0.717) is 0 Å². The highest BCUT2D eigenvalue weighted by molar-refractivity contribution is 6.27. The molecule has 0 spiro atoms. The zero-order valence-electron chi connectivity index (χ0n) is 14.8. The first kappa shape index (κ1) is 14.2. The molecule has 0 bridgehead atoms. The summed E-state index contributed by atoms with van der Waals surface area (Å²) in [5.41, 5.74) is 7.95. The Balaban J connectivity index is 1.58. The SMILES string of the molecule is O=C1c2cc3c(cc2-c2cc4[nH]c5ccccc5c4cc21)[nH]c1ccccc13. The Kier molecular flexibility index (Phi) is 2.39. The maximum Gasteiger partial charge on any atom is 0.194 e. The number of carbonyl (C=O) groups is 1. The van der Waals surface area contributed by atoms with Crippen LogP contribution in [0.5, 0.6) is 0 Å². The number of aromatic amines is 2. The molecule has 1 aliphatic rings. The Labute approximate surface area is 159 Å². The van der Waals surface area contributed by atoms with Crippen molar-refractivity contribution in [2.45, 2.75) is 0 Å². The minimum atomic E-state index is 0.115. The lowest BCUT2D eigenvalue weighted by molar-refractivity contribution is 0.104. The molecule has 0 atom stereocenters. The summed E-state index contributed by atoms with van der Waals surface area (Å²) in [6, 6.07) is 24.8. The number of aromatic nitrogens is 2. The van der Waals surface area contributed by atoms with E-state index in [9.17, 15) is 4.79 Å². The molecule has 7 rings (SSSR count). The van der Waals surface area contributed by atoms with E-state index < -0.39 is 0 Å². The first-order valence-electron chi connectivity index (χ1n) is 9.42. The van der Waals surface area contributed by atoms with E-state index in [2.05, 4.69) is 58.5 Å². The summed E-state index contributed by atoms with van der Waals surface area (Å²) in [7, 11) is 0. The van der Waals surface area contributed by atoms with Crippen LogP contribution in [-0.2, 0) is 0 Å². The Bertz CT molecular complexity index is 1510. The number of hydrogen-bond acceptors (Lipinski definition) is 1. The van der Waals surface area contributed by atoms with Gasteiger partial charge in [-0.3, -0.25) is 4.79 Å². The number of benzene rings is 4. The molecule has 0 radical (unpaired) electrons. The summed E-state index contributed by atoms with van der Waals surface area (Å²) in [6.45, 7) is 0. The molecule has 0 amide bonds. The maximum atomic E-state index is 13.3. The normalized spacial score (nSPS) is 13.1. The van der Waals surface area contributed by atoms with Gasteiger partial charge < -0.3 is 9.97 Å². The summed E-state index contributed by atoms with van der Waals surface area (Å²) in [5.74, 6) is 0.115. The minimum absolute atomic E-state index is 0.115. The van der Waals surface area contributed by atoms with E-state index in [-0.39, 0.29) is 5.78 Å². The standard InChI is InChI=1S/C25H14N2O/c28-25-19-9-17-13-5-1-3-7-21(13)26-23(17)11-15(19)16-12-24-18(10-20(16)25)14-6-2-4-8-22(14)27-24/h1-12,26-27H. The zero-order valence-corrected chi connectivity index (χ0v) is 14.8. The molecule has 0 saturated carbocycles. The van der Waals surface area contributed by atoms with Crippen LogP contribution in [0.2, 0.25) is 0 Å². The average molecular weight is 358 g/mol. The maximum absolute atomic E-state index is 13.3. The number of H-pyrrole nitrogens is 2. The fraction of sp³-hybridized carbons (Fsp3) is 0. The van der Waals surface area contributed by atoms with Gasteiger partial charge in [-0.1, -0.05) is 36.4 Å². The Morgan fingerprint density at radius 3 is 1.43 bits per heavy atom. The van der Waals surface area contributed by atoms with Gasteiger partial charge in [0.25, 0.3) is 0 Å². The van der Waals surface area contributed by atoms with Crippen LogP contribution >= 0.6 is 0 Å². The number of para-hydroxylation sites is 2. The number of hydrogen-bond donors (Lipinski definition) is 2. The molecule has 4 aromatic carbocycles. The average Bonchev–Trinajstić information content (AvgIpc) is 3.35. The molecule has 3 nitrogen and oxygen atoms in total. The van der Waals surface area contributed by atoms with Crippen LogP contribution < -0.4 is 0 Å². The molecule has 3 heteroatoms. The molecular weight excluding hydrogens is 344 g/mol. The van der Waals surface area contributed by atoms with E-state index in [1.165, 1.54) is 0 Å². The first-order valence-corrected chi connectivity index (χ1v) is 9.42. The van der Waals surface area contributed by atoms with Crippen LogP contribution in [0.15, 0.2) is 72.8 Å². The smallest absolute Gasteiger partial charge is 0.194 e. The third-order valence-corrected chi connectivity index (χ3v) is 6.07. The number of ketones is 1. The van der Waals surface area contributed by atoms with Crippen LogP contribution in [-0.4, -0.2) is 15.8 Å². The quantitative estimate of drug-likeness (QED) is 0.335. The summed E-state index contributed by atoms with van der Waals surface area (Å²) in [4.78, 5) is 20.3. The summed E-state index contributed by atoms with van der Waals surface area (Å²) >= 11 is 0. The van der Waals surface area contributed by atoms with Crippen LogP contribution in [0.3, 0.4) is 0 Å². The molecule has 0 aliphatic heterocycles. The van der Waals surface area contributed by atoms with E-state index in [0.717, 1.165) is 65.9 Å². The van der Waals surface area contributed by atoms with E-state index in [1.807, 2.05) is 24.3 Å². The number of nitrogens with one attached hydrogen (secondary N) is 2. The molecule has 130 valence electrons. The largest absolute Gasteiger partial charge is 0.354 e. The van der Waals surface area contributed by atoms with E-state index in [1.54, 1.807) is 0 Å². The van der Waals surface area contributed by atoms with Crippen molar-refractivity contribution in [3.05, 3.63) is 83.9 Å². The van der Waals surface area contributed by atoms with Crippen LogP contribution in [0.1, 0.15) is 15.9 Å². The molecule has 0 fully saturated rings. The fourth-order valence-electron chi connectivity index (χ4n) is 4.76. The fourth-order valence-corrected chi connectivity index (χ4v) is 4.76. The molecule has 6 aromatic rings. The predicted octanol–water partition coefficient (Wildman–Crippen LogP) is 6.17. The highest BCUT2D eigenvalue weighted by Gasteiger charge is 2.29. The topological polar surface area (TPSA) is 48.6 Å². The lowest BCUT2D eigenvalue weighted by Crippen LogP contribution is -1.94. The van der Waals surface area contributed by atoms with Crippen LogP contribution in [0.4, 0.5) is 0 Å². The van der Waals surface area contributed by atoms with Gasteiger partial charge in [0, 0.05) is 54.7 Å². The molecule has 0 unspecified atom stereocenters. The monoisotopic (exact) mass is 358 g/mol. The minimum Gasteiger partial charge on any atom is -0.354 e. The van der Waals surface area contributed by atoms with Crippen LogP contribution in [0.25, 0.3) is 54.7 Å². The highest BCUT2D eigenvalue weighted by atomic mass is 16.1. The molecule has 28 heavy (non-hydrogen) atoms. The van der Waals surface area contributed by atoms with Gasteiger partial charge in [0.1, 0.15) is 0 Å². The van der Waals surface area contributed by atoms with Gasteiger partial charge in [0.15, 0.2) is 5.78 Å². The van der Waals surface area contributed by atoms with Gasteiger partial charge in [-0.05, 0) is 47.5 Å². The van der Waals surface area contributed by atoms with Crippen molar-refractivity contribution >= 4 is 49.4 Å². The van der Waals surface area contributed by atoms with Gasteiger partial charge >= 0.3 is 0 Å². The molecule has 0 saturated heterocycles. The third kappa shape index (κ3) is 1.62. The van der Waals surface area contributed by atoms with Crippen LogP contribution in [0, 0.1) is 0 Å². The van der Waals surface area contributed by atoms with Crippen molar-refractivity contribution in [2.75, 3.05) is 0 Å². The third-order valence-electron chi connectivity index (χ3n) is 6.07. The number of rotatable bonds is 0. The van der Waals surface area contributed by atoms with Crippen molar-refractivity contribution in [1.82, 2.24) is 9.97 Å². The van der Waals surface area contributed by atoms with Gasteiger partial charge in [-0.2, -0.15) is 0 Å². The van der Waals surface area contributed by atoms with E-state index >= 15 is 0 Å². The molecule has 2 heterocycles. The second kappa shape index (κ2) is 4.70. The lowest BCUT2D eigenvalue weighted by Gasteiger charge is -2.01. The molecule has 2 aromatic heterocycles. The number of carbonyl (C=O) groups excluding carboxylic acids is 1. The van der Waals surface area contributed by atoms with Crippen molar-refractivity contribution < 1.29 is 4.79 Å². The van der Waals surface area contributed by atoms with Gasteiger partial charge in [-0.15, -0.1) is 0 Å². The van der Waals surface area contributed by atoms with Crippen molar-refractivity contribution in [1.29, 1.82) is 0 Å². The first-order chi connectivity index (χ1) is 13.8. The van der Waals surface area contributed by atoms with E-state index in [4.69, 9.17) is 0 Å². The second-order valence-electron chi connectivity index (χ2n) is 7.56. The summed E-state index contributed by atoms with van der Waals surface area (Å²) in [6.07, 6.45) is 0. The zero-order chi connectivity index (χ0) is 18.4. The second-order valence-corrected chi connectivity index (χ2v) is 7.56. The Morgan fingerprint density at radius 2 is 0.929 bits per heavy atom. The van der Waals surface area contributed by atoms with Gasteiger partial charge in [0.05, 0.1) is 0 Å². The van der Waals surface area contributed by atoms with Crippen molar-refractivity contribution in [3.8, 4) is 11.1 Å². The highest BCUT2D eigenvalue weighted by Crippen LogP contribution is 2.43. The van der Waals surface area contributed by atoms with Gasteiger partial charge in [0.2, 0.25) is 0 Å². The predicted molar refractivity (Wildman–Crippen MR) is 114 cm³/mol.